The molecule has 0 amide bonds. The van der Waals surface area contributed by atoms with E-state index in [0.29, 0.717) is 6.54 Å². The second-order valence-corrected chi connectivity index (χ2v) is 7.17. The van der Waals surface area contributed by atoms with Gasteiger partial charge in [0.25, 0.3) is 0 Å². The molecule has 1 heterocycles. The number of benzene rings is 2. The Morgan fingerprint density at radius 1 is 1.16 bits per heavy atom. The minimum Gasteiger partial charge on any atom is -0.253 e. The second kappa shape index (κ2) is 8.23. The number of aromatic nitrogens is 1. The Bertz CT molecular complexity index is 965. The highest BCUT2D eigenvalue weighted by atomic mass is 79.9. The fourth-order valence-corrected chi connectivity index (χ4v) is 3.62. The van der Waals surface area contributed by atoms with Crippen molar-refractivity contribution in [2.75, 3.05) is 6.54 Å². The molecule has 0 N–H and O–H groups in total. The van der Waals surface area contributed by atoms with Crippen LogP contribution in [0.2, 0.25) is 0 Å². The van der Waals surface area contributed by atoms with Crippen LogP contribution >= 0.6 is 27.3 Å². The Morgan fingerprint density at radius 3 is 2.64 bits per heavy atom. The minimum atomic E-state index is 0.565. The van der Waals surface area contributed by atoms with Crippen molar-refractivity contribution in [1.29, 1.82) is 0 Å². The van der Waals surface area contributed by atoms with Gasteiger partial charge in [0, 0.05) is 15.4 Å². The summed E-state index contributed by atoms with van der Waals surface area (Å²) in [6.45, 7) is 6.38. The molecule has 0 spiro atoms. The fraction of sp³-hybridized carbons (Fsp3) is 0.100. The van der Waals surface area contributed by atoms with Gasteiger partial charge in [-0.2, -0.15) is 5.10 Å². The molecular weight excluding hydrogens is 394 g/mol. The first-order chi connectivity index (χ1) is 12.2. The van der Waals surface area contributed by atoms with Crippen molar-refractivity contribution in [1.82, 2.24) is 4.68 Å². The summed E-state index contributed by atoms with van der Waals surface area (Å²) in [5, 5.41) is 6.77. The molecule has 5 heteroatoms. The normalized spacial score (nSPS) is 12.0. The summed E-state index contributed by atoms with van der Waals surface area (Å²) >= 11 is 5.20. The van der Waals surface area contributed by atoms with Gasteiger partial charge in [-0.1, -0.05) is 70.0 Å². The molecule has 1 aromatic heterocycles. The quantitative estimate of drug-likeness (QED) is 0.405. The fourth-order valence-electron chi connectivity index (χ4n) is 2.29. The molecule has 2 aromatic carbocycles. The van der Waals surface area contributed by atoms with Crippen LogP contribution in [0, 0.1) is 6.92 Å². The smallest absolute Gasteiger partial charge is 0.206 e. The summed E-state index contributed by atoms with van der Waals surface area (Å²) in [4.78, 5) is 5.40. The molecule has 0 aliphatic rings. The van der Waals surface area contributed by atoms with Crippen LogP contribution in [0.5, 0.6) is 0 Å². The Morgan fingerprint density at radius 2 is 1.92 bits per heavy atom. The number of rotatable bonds is 5. The Hall–Kier alpha value is -2.24. The molecule has 0 unspecified atom stereocenters. The third-order valence-electron chi connectivity index (χ3n) is 3.59. The predicted octanol–water partition coefficient (Wildman–Crippen LogP) is 5.26. The van der Waals surface area contributed by atoms with Crippen molar-refractivity contribution in [3.63, 3.8) is 0 Å². The average molecular weight is 412 g/mol. The molecule has 25 heavy (non-hydrogen) atoms. The lowest BCUT2D eigenvalue weighted by molar-refractivity contribution is 0.840. The summed E-state index contributed by atoms with van der Waals surface area (Å²) in [6, 6.07) is 16.4. The van der Waals surface area contributed by atoms with Crippen LogP contribution in [-0.2, 0) is 0 Å². The topological polar surface area (TPSA) is 29.6 Å². The molecule has 126 valence electrons. The van der Waals surface area contributed by atoms with E-state index in [-0.39, 0.29) is 0 Å². The Balaban J connectivity index is 2.09. The minimum absolute atomic E-state index is 0.565. The van der Waals surface area contributed by atoms with Crippen molar-refractivity contribution in [2.24, 2.45) is 10.1 Å². The zero-order chi connectivity index (χ0) is 17.6. The number of aryl methyl sites for hydroxylation is 1. The SMILES string of the molecule is C=CCN=c1scc(-c2ccccc2Br)n1N=Cc1ccc(C)cc1. The van der Waals surface area contributed by atoms with Crippen molar-refractivity contribution in [2.45, 2.75) is 6.92 Å². The molecule has 0 fully saturated rings. The van der Waals surface area contributed by atoms with Crippen LogP contribution in [0.3, 0.4) is 0 Å². The molecule has 0 radical (unpaired) electrons. The van der Waals surface area contributed by atoms with Gasteiger partial charge in [-0.3, -0.25) is 4.99 Å². The molecule has 0 aliphatic carbocycles. The number of hydrogen-bond donors (Lipinski definition) is 0. The highest BCUT2D eigenvalue weighted by Crippen LogP contribution is 2.28. The lowest BCUT2D eigenvalue weighted by Gasteiger charge is -2.05. The summed E-state index contributed by atoms with van der Waals surface area (Å²) in [6.07, 6.45) is 3.64. The Labute approximate surface area is 159 Å². The first kappa shape index (κ1) is 17.6. The predicted molar refractivity (Wildman–Crippen MR) is 110 cm³/mol. The van der Waals surface area contributed by atoms with Crippen molar-refractivity contribution in [3.05, 3.63) is 87.0 Å². The zero-order valence-corrected chi connectivity index (χ0v) is 16.3. The molecule has 0 saturated carbocycles. The number of thiazole rings is 1. The van der Waals surface area contributed by atoms with Crippen LogP contribution < -0.4 is 4.80 Å². The van der Waals surface area contributed by atoms with Crippen molar-refractivity contribution < 1.29 is 0 Å². The highest BCUT2D eigenvalue weighted by Gasteiger charge is 2.10. The molecule has 0 bridgehead atoms. The van der Waals surface area contributed by atoms with Gasteiger partial charge in [0.15, 0.2) is 0 Å². The van der Waals surface area contributed by atoms with Crippen LogP contribution in [0.1, 0.15) is 11.1 Å². The summed E-state index contributed by atoms with van der Waals surface area (Å²) in [7, 11) is 0. The number of nitrogens with zero attached hydrogens (tertiary/aromatic N) is 3. The molecule has 3 aromatic rings. The van der Waals surface area contributed by atoms with Crippen LogP contribution in [-0.4, -0.2) is 17.4 Å². The number of halogens is 1. The number of hydrogen-bond acceptors (Lipinski definition) is 3. The molecule has 3 rings (SSSR count). The van der Waals surface area contributed by atoms with Gasteiger partial charge < -0.3 is 0 Å². The maximum atomic E-state index is 4.69. The standard InChI is InChI=1S/C20H18BrN3S/c1-3-12-22-20-24(23-13-16-10-8-15(2)9-11-16)19(14-25-20)17-6-4-5-7-18(17)21/h3-11,13-14H,1,12H2,2H3. The van der Waals surface area contributed by atoms with E-state index in [2.05, 4.69) is 75.2 Å². The van der Waals surface area contributed by atoms with Gasteiger partial charge in [-0.05, 0) is 18.6 Å². The highest BCUT2D eigenvalue weighted by molar-refractivity contribution is 9.10. The van der Waals surface area contributed by atoms with E-state index in [1.54, 1.807) is 17.4 Å². The largest absolute Gasteiger partial charge is 0.253 e. The van der Waals surface area contributed by atoms with E-state index < -0.39 is 0 Å². The Kier molecular flexibility index (Phi) is 5.79. The van der Waals surface area contributed by atoms with E-state index in [9.17, 15) is 0 Å². The van der Waals surface area contributed by atoms with Crippen LogP contribution in [0.25, 0.3) is 11.3 Å². The molecule has 0 aliphatic heterocycles. The van der Waals surface area contributed by atoms with E-state index in [4.69, 9.17) is 0 Å². The van der Waals surface area contributed by atoms with Gasteiger partial charge in [0.2, 0.25) is 4.80 Å². The lowest BCUT2D eigenvalue weighted by Crippen LogP contribution is -2.12. The maximum Gasteiger partial charge on any atom is 0.206 e. The van der Waals surface area contributed by atoms with Gasteiger partial charge in [-0.25, -0.2) is 4.68 Å². The third-order valence-corrected chi connectivity index (χ3v) is 5.14. The van der Waals surface area contributed by atoms with Gasteiger partial charge in [0.1, 0.15) is 0 Å². The van der Waals surface area contributed by atoms with Crippen molar-refractivity contribution >= 4 is 33.5 Å². The van der Waals surface area contributed by atoms with Crippen LogP contribution in [0.4, 0.5) is 0 Å². The summed E-state index contributed by atoms with van der Waals surface area (Å²) in [5.41, 5.74) is 4.37. The monoisotopic (exact) mass is 411 g/mol. The van der Waals surface area contributed by atoms with Gasteiger partial charge >= 0.3 is 0 Å². The maximum absolute atomic E-state index is 4.69. The molecule has 3 nitrogen and oxygen atoms in total. The van der Waals surface area contributed by atoms with Gasteiger partial charge in [-0.15, -0.1) is 17.9 Å². The molecular formula is C20H18BrN3S. The summed E-state index contributed by atoms with van der Waals surface area (Å²) < 4.78 is 2.91. The van der Waals surface area contributed by atoms with Crippen LogP contribution in [0.15, 0.2) is 81.1 Å². The third kappa shape index (κ3) is 4.24. The van der Waals surface area contributed by atoms with Gasteiger partial charge in [0.05, 0.1) is 18.5 Å². The first-order valence-corrected chi connectivity index (χ1v) is 9.54. The lowest BCUT2D eigenvalue weighted by atomic mass is 10.2. The van der Waals surface area contributed by atoms with E-state index in [0.717, 1.165) is 26.1 Å². The molecule has 0 atom stereocenters. The molecule has 0 saturated heterocycles. The zero-order valence-electron chi connectivity index (χ0n) is 13.9. The first-order valence-electron chi connectivity index (χ1n) is 7.87. The average Bonchev–Trinajstić information content (AvgIpc) is 3.02. The van der Waals surface area contributed by atoms with Crippen molar-refractivity contribution in [3.8, 4) is 11.3 Å². The summed E-state index contributed by atoms with van der Waals surface area (Å²) in [5.74, 6) is 0. The van der Waals surface area contributed by atoms with E-state index in [1.165, 1.54) is 5.56 Å². The van der Waals surface area contributed by atoms with E-state index >= 15 is 0 Å². The van der Waals surface area contributed by atoms with E-state index in [1.807, 2.05) is 29.1 Å². The second-order valence-electron chi connectivity index (χ2n) is 5.48.